The van der Waals surface area contributed by atoms with Gasteiger partial charge >= 0.3 is 12.1 Å². The summed E-state index contributed by atoms with van der Waals surface area (Å²) >= 11 is 6.05. The van der Waals surface area contributed by atoms with Crippen LogP contribution < -0.4 is 0 Å². The molecule has 1 amide bonds. The van der Waals surface area contributed by atoms with Gasteiger partial charge in [-0.05, 0) is 56.2 Å². The van der Waals surface area contributed by atoms with Crippen molar-refractivity contribution in [2.24, 2.45) is 0 Å². The molecule has 1 aliphatic heterocycles. The molecule has 1 heterocycles. The smallest absolute Gasteiger partial charge is 0.416 e. The summed E-state index contributed by atoms with van der Waals surface area (Å²) in [4.78, 5) is 27.5. The highest BCUT2D eigenvalue weighted by atomic mass is 35.5. The molecular weight excluding hydrogens is 443 g/mol. The number of hydrogen-bond acceptors (Lipinski definition) is 3. The second-order valence-electron chi connectivity index (χ2n) is 7.94. The van der Waals surface area contributed by atoms with E-state index in [9.17, 15) is 22.8 Å². The summed E-state index contributed by atoms with van der Waals surface area (Å²) < 4.78 is 44.3. The van der Waals surface area contributed by atoms with E-state index in [0.717, 1.165) is 17.7 Å². The van der Waals surface area contributed by atoms with E-state index in [-0.39, 0.29) is 24.4 Å². The minimum absolute atomic E-state index is 0.0637. The highest BCUT2D eigenvalue weighted by Crippen LogP contribution is 2.39. The molecule has 0 radical (unpaired) electrons. The van der Waals surface area contributed by atoms with Crippen LogP contribution in [0.5, 0.6) is 0 Å². The quantitative estimate of drug-likeness (QED) is 0.501. The number of hydrogen-bond donors (Lipinski definition) is 0. The van der Waals surface area contributed by atoms with Gasteiger partial charge in [0.2, 0.25) is 5.91 Å². The summed E-state index contributed by atoms with van der Waals surface area (Å²) in [6.45, 7) is 5.27. The van der Waals surface area contributed by atoms with Gasteiger partial charge in [0, 0.05) is 23.1 Å². The van der Waals surface area contributed by atoms with Gasteiger partial charge in [-0.1, -0.05) is 35.9 Å². The van der Waals surface area contributed by atoms with Crippen LogP contribution in [0.1, 0.15) is 49.8 Å². The maximum absolute atomic E-state index is 13.0. The van der Waals surface area contributed by atoms with E-state index in [4.69, 9.17) is 16.3 Å². The van der Waals surface area contributed by atoms with Crippen molar-refractivity contribution in [2.45, 2.75) is 51.9 Å². The van der Waals surface area contributed by atoms with Crippen molar-refractivity contribution < 1.29 is 27.5 Å². The first-order valence-corrected chi connectivity index (χ1v) is 10.5. The minimum atomic E-state index is -4.47. The van der Waals surface area contributed by atoms with Gasteiger partial charge in [-0.15, -0.1) is 0 Å². The predicted octanol–water partition coefficient (Wildman–Crippen LogP) is 6.10. The number of alkyl halides is 3. The van der Waals surface area contributed by atoms with Gasteiger partial charge in [0.05, 0.1) is 23.8 Å². The molecule has 0 fully saturated rings. The van der Waals surface area contributed by atoms with E-state index in [0.29, 0.717) is 16.3 Å². The van der Waals surface area contributed by atoms with Crippen molar-refractivity contribution in [3.8, 4) is 0 Å². The van der Waals surface area contributed by atoms with Gasteiger partial charge in [0.15, 0.2) is 0 Å². The van der Waals surface area contributed by atoms with Crippen LogP contribution in [-0.2, 0) is 27.0 Å². The highest BCUT2D eigenvalue weighted by molar-refractivity contribution is 6.30. The summed E-state index contributed by atoms with van der Waals surface area (Å²) in [5.74, 6) is -1.54. The molecule has 170 valence electrons. The van der Waals surface area contributed by atoms with Crippen LogP contribution in [0.15, 0.2) is 59.8 Å². The van der Waals surface area contributed by atoms with Crippen molar-refractivity contribution >= 4 is 23.5 Å². The van der Waals surface area contributed by atoms with Gasteiger partial charge in [-0.2, -0.15) is 13.2 Å². The van der Waals surface area contributed by atoms with Crippen LogP contribution in [-0.4, -0.2) is 22.9 Å². The van der Waals surface area contributed by atoms with Crippen molar-refractivity contribution in [2.75, 3.05) is 0 Å². The Labute approximate surface area is 189 Å². The van der Waals surface area contributed by atoms with Crippen molar-refractivity contribution in [1.82, 2.24) is 4.90 Å². The normalized spacial score (nSPS) is 17.2. The zero-order valence-corrected chi connectivity index (χ0v) is 18.6. The fourth-order valence-corrected chi connectivity index (χ4v) is 3.97. The summed E-state index contributed by atoms with van der Waals surface area (Å²) in [5, 5.41) is 0.524. The number of ether oxygens (including phenoxy) is 1. The lowest BCUT2D eigenvalue weighted by Gasteiger charge is -2.35. The van der Waals surface area contributed by atoms with Crippen LogP contribution in [0, 0.1) is 0 Å². The Bertz CT molecular complexity index is 1050. The first-order valence-electron chi connectivity index (χ1n) is 10.1. The lowest BCUT2D eigenvalue weighted by atomic mass is 9.83. The average molecular weight is 466 g/mol. The molecule has 8 heteroatoms. The van der Waals surface area contributed by atoms with E-state index >= 15 is 0 Å². The number of halogens is 4. The number of benzene rings is 2. The topological polar surface area (TPSA) is 46.6 Å². The van der Waals surface area contributed by atoms with E-state index in [1.54, 1.807) is 39.0 Å². The Balaban J connectivity index is 2.02. The average Bonchev–Trinajstić information content (AvgIpc) is 2.69. The zero-order chi connectivity index (χ0) is 23.6. The molecule has 32 heavy (non-hydrogen) atoms. The number of nitrogens with zero attached hydrogens (tertiary/aromatic N) is 1. The van der Waals surface area contributed by atoms with Crippen LogP contribution in [0.25, 0.3) is 0 Å². The van der Waals surface area contributed by atoms with Crippen molar-refractivity contribution in [1.29, 1.82) is 0 Å². The summed E-state index contributed by atoms with van der Waals surface area (Å²) in [5.41, 5.74) is 1.12. The van der Waals surface area contributed by atoms with E-state index < -0.39 is 29.7 Å². The number of rotatable bonds is 5. The van der Waals surface area contributed by atoms with Crippen LogP contribution in [0.3, 0.4) is 0 Å². The largest absolute Gasteiger partial charge is 0.460 e. The molecule has 1 aliphatic rings. The third-order valence-electron chi connectivity index (χ3n) is 5.26. The number of esters is 1. The summed E-state index contributed by atoms with van der Waals surface area (Å²) in [7, 11) is 0. The maximum Gasteiger partial charge on any atom is 0.416 e. The molecular formula is C24H23ClF3NO3. The number of carbonyl (C=O) groups is 2. The van der Waals surface area contributed by atoms with E-state index in [1.807, 2.05) is 6.07 Å². The lowest BCUT2D eigenvalue weighted by Crippen LogP contribution is -2.38. The van der Waals surface area contributed by atoms with Gasteiger partial charge < -0.3 is 9.64 Å². The third kappa shape index (κ3) is 5.33. The minimum Gasteiger partial charge on any atom is -0.460 e. The number of amides is 1. The molecule has 4 nitrogen and oxygen atoms in total. The third-order valence-corrected chi connectivity index (χ3v) is 5.49. The Hall–Kier alpha value is -2.80. The first kappa shape index (κ1) is 23.9. The fourth-order valence-electron chi connectivity index (χ4n) is 3.75. The highest BCUT2D eigenvalue weighted by Gasteiger charge is 2.38. The van der Waals surface area contributed by atoms with Gasteiger partial charge in [0.1, 0.15) is 0 Å². The second-order valence-corrected chi connectivity index (χ2v) is 8.38. The molecule has 0 saturated carbocycles. The maximum atomic E-state index is 13.0. The monoisotopic (exact) mass is 465 g/mol. The summed E-state index contributed by atoms with van der Waals surface area (Å²) in [6.07, 6.45) is -4.93. The van der Waals surface area contributed by atoms with Gasteiger partial charge in [-0.3, -0.25) is 4.79 Å². The fraction of sp³-hybridized carbons (Fsp3) is 0.333. The Morgan fingerprint density at radius 3 is 2.41 bits per heavy atom. The molecule has 0 aliphatic carbocycles. The molecule has 0 unspecified atom stereocenters. The predicted molar refractivity (Wildman–Crippen MR) is 115 cm³/mol. The van der Waals surface area contributed by atoms with Crippen molar-refractivity contribution in [3.63, 3.8) is 0 Å². The molecule has 0 saturated heterocycles. The Morgan fingerprint density at radius 1 is 1.19 bits per heavy atom. The Morgan fingerprint density at radius 2 is 1.84 bits per heavy atom. The van der Waals surface area contributed by atoms with Crippen LogP contribution in [0.2, 0.25) is 5.02 Å². The molecule has 0 spiro atoms. The molecule has 2 aromatic rings. The number of carbonyl (C=O) groups excluding carboxylic acids is 2. The number of allylic oxidation sites excluding steroid dienone is 1. The standard InChI is InChI=1S/C24H23ClF3NO3/c1-14(2)32-23(31)22-15(3)29(13-16-5-4-6-19(25)11-16)21(30)12-20(22)17-7-9-18(10-8-17)24(26,27)28/h4-11,14,20H,12-13H2,1-3H3/t20-/m1/s1. The molecule has 0 N–H and O–H groups in total. The van der Waals surface area contributed by atoms with Crippen molar-refractivity contribution in [3.05, 3.63) is 81.5 Å². The Kier molecular flexibility index (Phi) is 6.98. The second kappa shape index (κ2) is 9.36. The van der Waals surface area contributed by atoms with Crippen LogP contribution in [0.4, 0.5) is 13.2 Å². The van der Waals surface area contributed by atoms with E-state index in [2.05, 4.69) is 0 Å². The first-order chi connectivity index (χ1) is 15.0. The van der Waals surface area contributed by atoms with Crippen LogP contribution >= 0.6 is 11.6 Å². The summed E-state index contributed by atoms with van der Waals surface area (Å²) in [6, 6.07) is 11.6. The van der Waals surface area contributed by atoms with Gasteiger partial charge in [0.25, 0.3) is 0 Å². The lowest BCUT2D eigenvalue weighted by molar-refractivity contribution is -0.144. The SMILES string of the molecule is CC1=C(C(=O)OC(C)C)[C@@H](c2ccc(C(F)(F)F)cc2)CC(=O)N1Cc1cccc(Cl)c1. The van der Waals surface area contributed by atoms with E-state index in [1.165, 1.54) is 17.0 Å². The molecule has 3 rings (SSSR count). The zero-order valence-electron chi connectivity index (χ0n) is 17.9. The van der Waals surface area contributed by atoms with Gasteiger partial charge in [-0.25, -0.2) is 4.79 Å². The molecule has 2 aromatic carbocycles. The molecule has 0 bridgehead atoms. The molecule has 1 atom stereocenters. The molecule has 0 aromatic heterocycles.